The molecule has 0 saturated heterocycles. The standard InChI is InChI=1S/C12H19NO2/c1-2-9(14)8-13-11-4-3-5-12-10(11)6-7-15-12/h6-7,9,11,13-14H,2-5,8H2,1H3. The van der Waals surface area contributed by atoms with Gasteiger partial charge >= 0.3 is 0 Å². The number of aryl methyl sites for hydroxylation is 1. The Kier molecular flexibility index (Phi) is 3.44. The summed E-state index contributed by atoms with van der Waals surface area (Å²) in [6.45, 7) is 2.67. The van der Waals surface area contributed by atoms with Gasteiger partial charge < -0.3 is 14.8 Å². The first-order chi connectivity index (χ1) is 7.31. The zero-order valence-corrected chi connectivity index (χ0v) is 9.20. The Hall–Kier alpha value is -0.800. The van der Waals surface area contributed by atoms with Gasteiger partial charge in [0.25, 0.3) is 0 Å². The van der Waals surface area contributed by atoms with Crippen molar-refractivity contribution >= 4 is 0 Å². The highest BCUT2D eigenvalue weighted by Crippen LogP contribution is 2.30. The van der Waals surface area contributed by atoms with Crippen LogP contribution in [0.2, 0.25) is 0 Å². The molecule has 2 unspecified atom stereocenters. The Morgan fingerprint density at radius 3 is 3.33 bits per heavy atom. The molecule has 1 heterocycles. The number of aliphatic hydroxyl groups is 1. The number of hydrogen-bond acceptors (Lipinski definition) is 3. The molecule has 0 radical (unpaired) electrons. The van der Waals surface area contributed by atoms with Gasteiger partial charge in [0.2, 0.25) is 0 Å². The molecule has 2 N–H and O–H groups in total. The van der Waals surface area contributed by atoms with Crippen molar-refractivity contribution in [3.63, 3.8) is 0 Å². The quantitative estimate of drug-likeness (QED) is 0.797. The summed E-state index contributed by atoms with van der Waals surface area (Å²) in [5.41, 5.74) is 1.28. The van der Waals surface area contributed by atoms with Gasteiger partial charge in [0, 0.05) is 24.6 Å². The van der Waals surface area contributed by atoms with Gasteiger partial charge in [0.15, 0.2) is 0 Å². The van der Waals surface area contributed by atoms with Crippen molar-refractivity contribution in [2.24, 2.45) is 0 Å². The van der Waals surface area contributed by atoms with Crippen LogP contribution in [-0.2, 0) is 6.42 Å². The van der Waals surface area contributed by atoms with Gasteiger partial charge in [0.1, 0.15) is 5.76 Å². The van der Waals surface area contributed by atoms with Gasteiger partial charge in [-0.2, -0.15) is 0 Å². The first kappa shape index (κ1) is 10.7. The lowest BCUT2D eigenvalue weighted by atomic mass is 9.93. The summed E-state index contributed by atoms with van der Waals surface area (Å²) in [4.78, 5) is 0. The van der Waals surface area contributed by atoms with E-state index in [0.29, 0.717) is 12.6 Å². The summed E-state index contributed by atoms with van der Waals surface area (Å²) in [6.07, 6.45) is 5.70. The third kappa shape index (κ3) is 2.41. The van der Waals surface area contributed by atoms with Gasteiger partial charge in [-0.3, -0.25) is 0 Å². The monoisotopic (exact) mass is 209 g/mol. The molecule has 1 aliphatic rings. The molecule has 3 nitrogen and oxygen atoms in total. The van der Waals surface area contributed by atoms with E-state index in [4.69, 9.17) is 4.42 Å². The smallest absolute Gasteiger partial charge is 0.108 e. The molecular formula is C12H19NO2. The van der Waals surface area contributed by atoms with E-state index >= 15 is 0 Å². The molecule has 84 valence electrons. The number of hydrogen-bond donors (Lipinski definition) is 2. The van der Waals surface area contributed by atoms with Crippen molar-refractivity contribution in [1.29, 1.82) is 0 Å². The molecular weight excluding hydrogens is 190 g/mol. The van der Waals surface area contributed by atoms with Crippen LogP contribution in [0.4, 0.5) is 0 Å². The first-order valence-electron chi connectivity index (χ1n) is 5.79. The highest BCUT2D eigenvalue weighted by atomic mass is 16.3. The first-order valence-corrected chi connectivity index (χ1v) is 5.79. The maximum atomic E-state index is 9.50. The Labute approximate surface area is 90.5 Å². The van der Waals surface area contributed by atoms with E-state index in [2.05, 4.69) is 5.32 Å². The molecule has 3 heteroatoms. The van der Waals surface area contributed by atoms with Crippen LogP contribution in [0.1, 0.15) is 43.6 Å². The maximum Gasteiger partial charge on any atom is 0.108 e. The van der Waals surface area contributed by atoms with Crippen molar-refractivity contribution in [1.82, 2.24) is 5.32 Å². The van der Waals surface area contributed by atoms with Crippen LogP contribution in [0, 0.1) is 0 Å². The van der Waals surface area contributed by atoms with E-state index in [-0.39, 0.29) is 6.10 Å². The van der Waals surface area contributed by atoms with Crippen LogP contribution >= 0.6 is 0 Å². The van der Waals surface area contributed by atoms with E-state index < -0.39 is 0 Å². The molecule has 0 fully saturated rings. The predicted octanol–water partition coefficient (Wildman–Crippen LogP) is 2.02. The van der Waals surface area contributed by atoms with E-state index in [0.717, 1.165) is 25.0 Å². The number of rotatable bonds is 4. The molecule has 0 saturated carbocycles. The molecule has 2 rings (SSSR count). The average Bonchev–Trinajstić information content (AvgIpc) is 2.74. The second kappa shape index (κ2) is 4.81. The number of furan rings is 1. The second-order valence-corrected chi connectivity index (χ2v) is 4.21. The van der Waals surface area contributed by atoms with Crippen LogP contribution in [0.3, 0.4) is 0 Å². The molecule has 0 aromatic carbocycles. The van der Waals surface area contributed by atoms with Crippen LogP contribution < -0.4 is 5.32 Å². The SMILES string of the molecule is CCC(O)CNC1CCCc2occc21. The Bertz CT molecular complexity index is 308. The molecule has 0 amide bonds. The van der Waals surface area contributed by atoms with Crippen molar-refractivity contribution < 1.29 is 9.52 Å². The summed E-state index contributed by atoms with van der Waals surface area (Å²) in [5.74, 6) is 1.12. The van der Waals surface area contributed by atoms with E-state index in [1.807, 2.05) is 13.0 Å². The number of nitrogens with one attached hydrogen (secondary N) is 1. The van der Waals surface area contributed by atoms with Gasteiger partial charge in [0.05, 0.1) is 12.4 Å². The third-order valence-electron chi connectivity index (χ3n) is 3.12. The summed E-state index contributed by atoms with van der Waals surface area (Å²) in [6, 6.07) is 2.42. The number of aliphatic hydroxyl groups excluding tert-OH is 1. The van der Waals surface area contributed by atoms with E-state index in [1.165, 1.54) is 12.0 Å². The minimum atomic E-state index is -0.234. The average molecular weight is 209 g/mol. The topological polar surface area (TPSA) is 45.4 Å². The lowest BCUT2D eigenvalue weighted by Crippen LogP contribution is -2.31. The maximum absolute atomic E-state index is 9.50. The van der Waals surface area contributed by atoms with E-state index in [1.54, 1.807) is 6.26 Å². The fraction of sp³-hybridized carbons (Fsp3) is 0.667. The van der Waals surface area contributed by atoms with Crippen LogP contribution in [0.5, 0.6) is 0 Å². The summed E-state index contributed by atoms with van der Waals surface area (Å²) < 4.78 is 5.42. The van der Waals surface area contributed by atoms with Gasteiger partial charge in [-0.1, -0.05) is 6.92 Å². The highest BCUT2D eigenvalue weighted by molar-refractivity contribution is 5.23. The van der Waals surface area contributed by atoms with Gasteiger partial charge in [-0.25, -0.2) is 0 Å². The third-order valence-corrected chi connectivity index (χ3v) is 3.12. The van der Waals surface area contributed by atoms with Crippen molar-refractivity contribution in [3.05, 3.63) is 23.7 Å². The second-order valence-electron chi connectivity index (χ2n) is 4.21. The summed E-state index contributed by atoms with van der Waals surface area (Å²) in [5, 5.41) is 12.9. The zero-order valence-electron chi connectivity index (χ0n) is 9.20. The summed E-state index contributed by atoms with van der Waals surface area (Å²) in [7, 11) is 0. The van der Waals surface area contributed by atoms with Crippen molar-refractivity contribution in [2.75, 3.05) is 6.54 Å². The van der Waals surface area contributed by atoms with E-state index in [9.17, 15) is 5.11 Å². The Morgan fingerprint density at radius 2 is 2.53 bits per heavy atom. The molecule has 2 atom stereocenters. The van der Waals surface area contributed by atoms with Crippen molar-refractivity contribution in [3.8, 4) is 0 Å². The van der Waals surface area contributed by atoms with Crippen molar-refractivity contribution in [2.45, 2.75) is 44.8 Å². The Balaban J connectivity index is 1.95. The largest absolute Gasteiger partial charge is 0.469 e. The highest BCUT2D eigenvalue weighted by Gasteiger charge is 2.22. The predicted molar refractivity (Wildman–Crippen MR) is 58.7 cm³/mol. The molecule has 1 aromatic rings. The molecule has 1 aromatic heterocycles. The lowest BCUT2D eigenvalue weighted by Gasteiger charge is -2.23. The fourth-order valence-corrected chi connectivity index (χ4v) is 2.12. The normalized spacial score (nSPS) is 22.4. The minimum absolute atomic E-state index is 0.234. The van der Waals surface area contributed by atoms with Gasteiger partial charge in [-0.15, -0.1) is 0 Å². The van der Waals surface area contributed by atoms with Crippen LogP contribution in [0.15, 0.2) is 16.7 Å². The van der Waals surface area contributed by atoms with Crippen LogP contribution in [0.25, 0.3) is 0 Å². The molecule has 1 aliphatic carbocycles. The number of fused-ring (bicyclic) bond motifs is 1. The molecule has 0 spiro atoms. The molecule has 15 heavy (non-hydrogen) atoms. The Morgan fingerprint density at radius 1 is 1.67 bits per heavy atom. The molecule has 0 bridgehead atoms. The van der Waals surface area contributed by atoms with Gasteiger partial charge in [-0.05, 0) is 25.3 Å². The minimum Gasteiger partial charge on any atom is -0.469 e. The lowest BCUT2D eigenvalue weighted by molar-refractivity contribution is 0.161. The van der Waals surface area contributed by atoms with Crippen LogP contribution in [-0.4, -0.2) is 17.8 Å². The molecule has 0 aliphatic heterocycles. The summed E-state index contributed by atoms with van der Waals surface area (Å²) >= 11 is 0. The fourth-order valence-electron chi connectivity index (χ4n) is 2.12. The zero-order chi connectivity index (χ0) is 10.7.